The molecule has 36 heavy (non-hydrogen) atoms. The van der Waals surface area contributed by atoms with Crippen LogP contribution in [0, 0.1) is 18.3 Å². The number of rotatable bonds is 7. The fourth-order valence-corrected chi connectivity index (χ4v) is 5.48. The number of hydrogen-bond donors (Lipinski definition) is 1. The zero-order valence-electron chi connectivity index (χ0n) is 19.5. The molecule has 1 N–H and O–H groups in total. The first-order valence-corrected chi connectivity index (χ1v) is 13.0. The molecule has 1 atom stereocenters. The van der Waals surface area contributed by atoms with Crippen LogP contribution in [0.25, 0.3) is 0 Å². The van der Waals surface area contributed by atoms with Gasteiger partial charge < -0.3 is 5.32 Å². The maximum absolute atomic E-state index is 13.6. The van der Waals surface area contributed by atoms with Crippen molar-refractivity contribution in [2.45, 2.75) is 25.0 Å². The molecule has 4 rings (SSSR count). The number of thioether (sulfide) groups is 1. The molecule has 0 spiro atoms. The van der Waals surface area contributed by atoms with Crippen molar-refractivity contribution in [1.82, 2.24) is 5.32 Å². The van der Waals surface area contributed by atoms with E-state index in [4.69, 9.17) is 23.2 Å². The second-order valence-corrected chi connectivity index (χ2v) is 10.4. The Morgan fingerprint density at radius 1 is 1.03 bits per heavy atom. The second kappa shape index (κ2) is 11.7. The van der Waals surface area contributed by atoms with Gasteiger partial charge in [0.05, 0.1) is 15.3 Å². The van der Waals surface area contributed by atoms with Gasteiger partial charge in [0, 0.05) is 12.2 Å². The molecule has 1 heterocycles. The number of benzene rings is 3. The largest absolute Gasteiger partial charge is 0.351 e. The van der Waals surface area contributed by atoms with Gasteiger partial charge in [0.1, 0.15) is 16.7 Å². The molecule has 1 aliphatic rings. The molecule has 1 fully saturated rings. The molecule has 1 saturated heterocycles. The quantitative estimate of drug-likeness (QED) is 0.293. The van der Waals surface area contributed by atoms with Crippen molar-refractivity contribution in [2.24, 2.45) is 0 Å². The van der Waals surface area contributed by atoms with E-state index in [0.29, 0.717) is 40.1 Å². The van der Waals surface area contributed by atoms with Crippen LogP contribution in [0.4, 0.5) is 5.69 Å². The lowest BCUT2D eigenvalue weighted by molar-refractivity contribution is -0.117. The summed E-state index contributed by atoms with van der Waals surface area (Å²) in [6.45, 7) is 2.33. The molecule has 8 heteroatoms. The Labute approximate surface area is 224 Å². The third-order valence-corrected chi connectivity index (χ3v) is 7.75. The lowest BCUT2D eigenvalue weighted by atomic mass is 10.1. The lowest BCUT2D eigenvalue weighted by Crippen LogP contribution is -2.32. The predicted molar refractivity (Wildman–Crippen MR) is 146 cm³/mol. The summed E-state index contributed by atoms with van der Waals surface area (Å²) < 4.78 is 0. The summed E-state index contributed by atoms with van der Waals surface area (Å²) in [5.74, 6) is -0.703. The van der Waals surface area contributed by atoms with Gasteiger partial charge in [0.25, 0.3) is 5.91 Å². The molecule has 3 aromatic carbocycles. The van der Waals surface area contributed by atoms with Gasteiger partial charge in [-0.15, -0.1) is 0 Å². The Hall–Kier alpha value is -3.24. The van der Waals surface area contributed by atoms with E-state index in [1.54, 1.807) is 12.1 Å². The third kappa shape index (κ3) is 5.93. The van der Waals surface area contributed by atoms with Crippen molar-refractivity contribution in [3.05, 3.63) is 110 Å². The van der Waals surface area contributed by atoms with E-state index < -0.39 is 11.2 Å². The predicted octanol–water partition coefficient (Wildman–Crippen LogP) is 6.09. The molecule has 182 valence electrons. The second-order valence-electron chi connectivity index (χ2n) is 8.35. The van der Waals surface area contributed by atoms with Gasteiger partial charge in [0.2, 0.25) is 5.91 Å². The maximum Gasteiger partial charge on any atom is 0.264 e. The summed E-state index contributed by atoms with van der Waals surface area (Å²) in [6.07, 6.45) is 1.01. The molecule has 2 amide bonds. The van der Waals surface area contributed by atoms with Crippen LogP contribution < -0.4 is 10.2 Å². The Kier molecular flexibility index (Phi) is 8.37. The van der Waals surface area contributed by atoms with Crippen LogP contribution in [0.1, 0.15) is 16.7 Å². The molecule has 1 unspecified atom stereocenters. The molecular weight excluding hydrogens is 513 g/mol. The summed E-state index contributed by atoms with van der Waals surface area (Å²) in [6, 6.07) is 24.5. The minimum Gasteiger partial charge on any atom is -0.351 e. The third-order valence-electron chi connectivity index (χ3n) is 5.74. The van der Waals surface area contributed by atoms with Crippen LogP contribution in [0.2, 0.25) is 10.0 Å². The number of carbonyl (C=O) groups is 2. The average Bonchev–Trinajstić information content (AvgIpc) is 3.18. The van der Waals surface area contributed by atoms with Crippen molar-refractivity contribution in [3.8, 4) is 6.07 Å². The highest BCUT2D eigenvalue weighted by atomic mass is 35.5. The monoisotopic (exact) mass is 535 g/mol. The van der Waals surface area contributed by atoms with E-state index in [1.165, 1.54) is 16.7 Å². The van der Waals surface area contributed by atoms with E-state index in [-0.39, 0.29) is 11.5 Å². The summed E-state index contributed by atoms with van der Waals surface area (Å²) in [5, 5.41) is 13.4. The number of amides is 2. The van der Waals surface area contributed by atoms with Gasteiger partial charge in [-0.2, -0.15) is 5.26 Å². The number of halogens is 2. The van der Waals surface area contributed by atoms with Crippen molar-refractivity contribution in [2.75, 3.05) is 11.4 Å². The van der Waals surface area contributed by atoms with Crippen LogP contribution in [-0.2, 0) is 22.4 Å². The summed E-state index contributed by atoms with van der Waals surface area (Å²) in [7, 11) is 0. The first kappa shape index (κ1) is 25.8. The Balaban J connectivity index is 1.62. The van der Waals surface area contributed by atoms with Gasteiger partial charge in [-0.25, -0.2) is 0 Å². The normalized spacial score (nSPS) is 16.6. The van der Waals surface area contributed by atoms with Crippen molar-refractivity contribution in [3.63, 3.8) is 0 Å². The number of hydrogen-bond acceptors (Lipinski definition) is 4. The highest BCUT2D eigenvalue weighted by Gasteiger charge is 2.40. The first-order chi connectivity index (χ1) is 17.4. The Bertz CT molecular complexity index is 1350. The van der Waals surface area contributed by atoms with Gasteiger partial charge in [0.15, 0.2) is 0 Å². The molecule has 0 bridgehead atoms. The van der Waals surface area contributed by atoms with Gasteiger partial charge in [-0.05, 0) is 55.2 Å². The Morgan fingerprint density at radius 2 is 1.75 bits per heavy atom. The standard InChI is InChI=1S/C28H23Cl2N3O2S/c1-18-7-10-21(11-8-18)33-27(35)25(16-20-9-12-23(29)24(30)15-20)36-28(33)22(17-31)26(34)32-14-13-19-5-3-2-4-6-19/h2-12,15,25H,13-14,16H2,1H3,(H,32,34). The molecule has 0 aromatic heterocycles. The number of anilines is 1. The Morgan fingerprint density at radius 3 is 2.42 bits per heavy atom. The van der Waals surface area contributed by atoms with E-state index in [1.807, 2.05) is 73.7 Å². The zero-order chi connectivity index (χ0) is 25.7. The van der Waals surface area contributed by atoms with E-state index in [2.05, 4.69) is 5.32 Å². The SMILES string of the molecule is Cc1ccc(N2C(=O)C(Cc3ccc(Cl)c(Cl)c3)SC2=C(C#N)C(=O)NCCc2ccccc2)cc1. The molecule has 0 saturated carbocycles. The van der Waals surface area contributed by atoms with Crippen molar-refractivity contribution >= 4 is 52.5 Å². The minimum absolute atomic E-state index is 0.0846. The van der Waals surface area contributed by atoms with E-state index >= 15 is 0 Å². The molecule has 5 nitrogen and oxygen atoms in total. The van der Waals surface area contributed by atoms with E-state index in [0.717, 1.165) is 16.7 Å². The summed E-state index contributed by atoms with van der Waals surface area (Å²) in [4.78, 5) is 28.1. The van der Waals surface area contributed by atoms with Crippen LogP contribution >= 0.6 is 35.0 Å². The number of nitrogens with zero attached hydrogens (tertiary/aromatic N) is 2. The van der Waals surface area contributed by atoms with Crippen LogP contribution in [0.3, 0.4) is 0 Å². The molecular formula is C28H23Cl2N3O2S. The van der Waals surface area contributed by atoms with Crippen LogP contribution in [-0.4, -0.2) is 23.6 Å². The fourth-order valence-electron chi connectivity index (χ4n) is 3.85. The van der Waals surface area contributed by atoms with Crippen LogP contribution in [0.15, 0.2) is 83.4 Å². The number of nitrogens with one attached hydrogen (secondary N) is 1. The van der Waals surface area contributed by atoms with Crippen molar-refractivity contribution in [1.29, 1.82) is 5.26 Å². The number of aryl methyl sites for hydroxylation is 1. The number of carbonyl (C=O) groups excluding carboxylic acids is 2. The summed E-state index contributed by atoms with van der Waals surface area (Å²) >= 11 is 13.4. The van der Waals surface area contributed by atoms with Crippen molar-refractivity contribution < 1.29 is 9.59 Å². The average molecular weight is 536 g/mol. The molecule has 0 radical (unpaired) electrons. The first-order valence-electron chi connectivity index (χ1n) is 11.3. The van der Waals surface area contributed by atoms with Crippen LogP contribution in [0.5, 0.6) is 0 Å². The molecule has 0 aliphatic carbocycles. The lowest BCUT2D eigenvalue weighted by Gasteiger charge is -2.19. The highest BCUT2D eigenvalue weighted by molar-refractivity contribution is 8.05. The smallest absolute Gasteiger partial charge is 0.264 e. The minimum atomic E-state index is -0.529. The molecule has 3 aromatic rings. The maximum atomic E-state index is 13.6. The van der Waals surface area contributed by atoms with Gasteiger partial charge in [-0.1, -0.05) is 89.1 Å². The van der Waals surface area contributed by atoms with E-state index in [9.17, 15) is 14.9 Å². The topological polar surface area (TPSA) is 73.2 Å². The van der Waals surface area contributed by atoms with Gasteiger partial charge in [-0.3, -0.25) is 14.5 Å². The zero-order valence-corrected chi connectivity index (χ0v) is 21.8. The fraction of sp³-hybridized carbons (Fsp3) is 0.179. The van der Waals surface area contributed by atoms with Gasteiger partial charge >= 0.3 is 0 Å². The number of nitriles is 1. The highest BCUT2D eigenvalue weighted by Crippen LogP contribution is 2.42. The molecule has 1 aliphatic heterocycles. The summed E-state index contributed by atoms with van der Waals surface area (Å²) in [5.41, 5.74) is 3.48.